The Hall–Kier alpha value is -5.45. The van der Waals surface area contributed by atoms with Crippen LogP contribution in [0.2, 0.25) is 0 Å². The van der Waals surface area contributed by atoms with Gasteiger partial charge >= 0.3 is 0 Å². The standard InChI is InChI=1S/C46H37N3S/c1-45(2)34-19-11-13-21-40(34)49(41-22-14-12-20-35(41)45)33-24-26-43-37(28-33)46(3,4)36-27-32(23-25-42(36)50-43)39-29-38(30-15-7-5-8-16-30)47-44(48-39)31-17-9-6-10-18-31/h5-29H,1-4H3. The van der Waals surface area contributed by atoms with Crippen molar-refractivity contribution < 1.29 is 0 Å². The summed E-state index contributed by atoms with van der Waals surface area (Å²) in [6.07, 6.45) is 0. The van der Waals surface area contributed by atoms with Gasteiger partial charge in [-0.15, -0.1) is 0 Å². The number of benzene rings is 6. The molecule has 242 valence electrons. The van der Waals surface area contributed by atoms with Crippen LogP contribution in [0.3, 0.4) is 0 Å². The molecular weight excluding hydrogens is 627 g/mol. The van der Waals surface area contributed by atoms with Crippen LogP contribution in [0.5, 0.6) is 0 Å². The normalized spacial score (nSPS) is 15.0. The SMILES string of the molecule is CC1(C)c2cc(-c3cc(-c4ccccc4)nc(-c4ccccc4)n3)ccc2Sc2ccc(N3c4ccccc4C(C)(C)c4ccccc43)cc21. The summed E-state index contributed by atoms with van der Waals surface area (Å²) in [6.45, 7) is 9.41. The lowest BCUT2D eigenvalue weighted by molar-refractivity contribution is 0.607. The molecule has 0 amide bonds. The maximum absolute atomic E-state index is 5.15. The Balaban J connectivity index is 1.16. The number of nitrogens with zero attached hydrogens (tertiary/aromatic N) is 3. The zero-order chi connectivity index (χ0) is 34.0. The topological polar surface area (TPSA) is 29.0 Å². The summed E-state index contributed by atoms with van der Waals surface area (Å²) < 4.78 is 0. The summed E-state index contributed by atoms with van der Waals surface area (Å²) >= 11 is 1.86. The second-order valence-corrected chi connectivity index (χ2v) is 15.4. The molecule has 4 heteroatoms. The van der Waals surface area contributed by atoms with E-state index in [9.17, 15) is 0 Å². The lowest BCUT2D eigenvalue weighted by Crippen LogP contribution is -2.31. The fourth-order valence-corrected chi connectivity index (χ4v) is 9.14. The molecule has 6 aromatic carbocycles. The van der Waals surface area contributed by atoms with Crippen molar-refractivity contribution in [3.8, 4) is 33.9 Å². The molecule has 0 radical (unpaired) electrons. The third-order valence-corrected chi connectivity index (χ3v) is 11.7. The molecular formula is C46H37N3S. The number of fused-ring (bicyclic) bond motifs is 4. The molecule has 0 fully saturated rings. The lowest BCUT2D eigenvalue weighted by Gasteiger charge is -2.42. The third kappa shape index (κ3) is 4.89. The second-order valence-electron chi connectivity index (χ2n) is 14.3. The van der Waals surface area contributed by atoms with Crippen molar-refractivity contribution in [3.63, 3.8) is 0 Å². The first-order valence-corrected chi connectivity index (χ1v) is 18.1. The average molecular weight is 664 g/mol. The first kappa shape index (κ1) is 30.6. The van der Waals surface area contributed by atoms with E-state index in [4.69, 9.17) is 9.97 Å². The number of para-hydroxylation sites is 2. The van der Waals surface area contributed by atoms with Gasteiger partial charge in [0.1, 0.15) is 0 Å². The van der Waals surface area contributed by atoms with Gasteiger partial charge in [-0.3, -0.25) is 0 Å². The van der Waals surface area contributed by atoms with Crippen molar-refractivity contribution in [2.24, 2.45) is 0 Å². The maximum Gasteiger partial charge on any atom is 0.160 e. The number of rotatable bonds is 4. The Kier molecular flexibility index (Phi) is 7.08. The van der Waals surface area contributed by atoms with Gasteiger partial charge in [-0.1, -0.05) is 143 Å². The molecule has 50 heavy (non-hydrogen) atoms. The molecule has 0 unspecified atom stereocenters. The van der Waals surface area contributed by atoms with Crippen molar-refractivity contribution >= 4 is 28.8 Å². The van der Waals surface area contributed by atoms with Gasteiger partial charge in [0.15, 0.2) is 5.82 Å². The molecule has 2 aliphatic rings. The highest BCUT2D eigenvalue weighted by atomic mass is 32.2. The highest BCUT2D eigenvalue weighted by molar-refractivity contribution is 7.99. The quantitative estimate of drug-likeness (QED) is 0.187. The van der Waals surface area contributed by atoms with Crippen LogP contribution in [-0.4, -0.2) is 9.97 Å². The third-order valence-electron chi connectivity index (χ3n) is 10.5. The molecule has 7 aromatic rings. The van der Waals surface area contributed by atoms with Gasteiger partial charge in [-0.2, -0.15) is 0 Å². The molecule has 0 bridgehead atoms. The highest BCUT2D eigenvalue weighted by Crippen LogP contribution is 2.55. The van der Waals surface area contributed by atoms with Crippen LogP contribution < -0.4 is 4.90 Å². The van der Waals surface area contributed by atoms with E-state index in [0.717, 1.165) is 33.9 Å². The first-order valence-electron chi connectivity index (χ1n) is 17.3. The van der Waals surface area contributed by atoms with E-state index in [1.54, 1.807) is 0 Å². The van der Waals surface area contributed by atoms with Crippen LogP contribution in [0, 0.1) is 0 Å². The van der Waals surface area contributed by atoms with Gasteiger partial charge in [0.25, 0.3) is 0 Å². The Morgan fingerprint density at radius 2 is 0.940 bits per heavy atom. The largest absolute Gasteiger partial charge is 0.310 e. The second kappa shape index (κ2) is 11.6. The van der Waals surface area contributed by atoms with E-state index in [1.165, 1.54) is 49.1 Å². The minimum Gasteiger partial charge on any atom is -0.310 e. The monoisotopic (exact) mass is 663 g/mol. The molecule has 0 aliphatic carbocycles. The molecule has 2 aliphatic heterocycles. The van der Waals surface area contributed by atoms with Gasteiger partial charge < -0.3 is 4.90 Å². The van der Waals surface area contributed by atoms with Crippen LogP contribution >= 0.6 is 11.8 Å². The summed E-state index contributed by atoms with van der Waals surface area (Å²) in [4.78, 5) is 15.2. The number of anilines is 3. The Morgan fingerprint density at radius 1 is 0.440 bits per heavy atom. The molecule has 0 spiro atoms. The number of hydrogen-bond acceptors (Lipinski definition) is 4. The van der Waals surface area contributed by atoms with Gasteiger partial charge in [0.2, 0.25) is 0 Å². The van der Waals surface area contributed by atoms with Crippen LogP contribution in [-0.2, 0) is 10.8 Å². The first-order chi connectivity index (χ1) is 24.3. The van der Waals surface area contributed by atoms with Crippen LogP contribution in [0.1, 0.15) is 49.9 Å². The van der Waals surface area contributed by atoms with Crippen molar-refractivity contribution in [3.05, 3.63) is 174 Å². The molecule has 3 nitrogen and oxygen atoms in total. The fraction of sp³-hybridized carbons (Fsp3) is 0.130. The zero-order valence-corrected chi connectivity index (χ0v) is 29.5. The van der Waals surface area contributed by atoms with Gasteiger partial charge in [0.05, 0.1) is 22.8 Å². The van der Waals surface area contributed by atoms with Crippen molar-refractivity contribution in [2.45, 2.75) is 48.3 Å². The van der Waals surface area contributed by atoms with E-state index in [-0.39, 0.29) is 10.8 Å². The van der Waals surface area contributed by atoms with Gasteiger partial charge in [-0.05, 0) is 70.8 Å². The minimum absolute atomic E-state index is 0.0932. The maximum atomic E-state index is 5.15. The predicted octanol–water partition coefficient (Wildman–Crippen LogP) is 12.4. The lowest BCUT2D eigenvalue weighted by atomic mass is 9.73. The molecule has 1 aromatic heterocycles. The highest BCUT2D eigenvalue weighted by Gasteiger charge is 2.38. The summed E-state index contributed by atoms with van der Waals surface area (Å²) in [5.41, 5.74) is 13.7. The van der Waals surface area contributed by atoms with Crippen molar-refractivity contribution in [1.29, 1.82) is 0 Å². The van der Waals surface area contributed by atoms with E-state index >= 15 is 0 Å². The van der Waals surface area contributed by atoms with E-state index in [1.807, 2.05) is 36.0 Å². The van der Waals surface area contributed by atoms with E-state index in [0.29, 0.717) is 0 Å². The molecule has 0 saturated carbocycles. The van der Waals surface area contributed by atoms with Crippen LogP contribution in [0.25, 0.3) is 33.9 Å². The zero-order valence-electron chi connectivity index (χ0n) is 28.7. The minimum atomic E-state index is -0.242. The molecule has 3 heterocycles. The van der Waals surface area contributed by atoms with Crippen molar-refractivity contribution in [2.75, 3.05) is 4.90 Å². The average Bonchev–Trinajstić information content (AvgIpc) is 3.16. The summed E-state index contributed by atoms with van der Waals surface area (Å²) in [5.74, 6) is 0.730. The summed E-state index contributed by atoms with van der Waals surface area (Å²) in [5, 5.41) is 0. The van der Waals surface area contributed by atoms with Gasteiger partial charge in [-0.25, -0.2) is 9.97 Å². The Morgan fingerprint density at radius 3 is 1.58 bits per heavy atom. The van der Waals surface area contributed by atoms with E-state index in [2.05, 4.69) is 160 Å². The van der Waals surface area contributed by atoms with Crippen LogP contribution in [0.15, 0.2) is 161 Å². The molecule has 0 atom stereocenters. The Bertz CT molecular complexity index is 2310. The summed E-state index contributed by atoms with van der Waals surface area (Å²) in [6, 6.07) is 54.4. The fourth-order valence-electron chi connectivity index (χ4n) is 7.78. The van der Waals surface area contributed by atoms with Gasteiger partial charge in [0, 0.05) is 43.0 Å². The van der Waals surface area contributed by atoms with E-state index < -0.39 is 0 Å². The van der Waals surface area contributed by atoms with Crippen molar-refractivity contribution in [1.82, 2.24) is 9.97 Å². The smallest absolute Gasteiger partial charge is 0.160 e. The molecule has 9 rings (SSSR count). The molecule has 0 N–H and O–H groups in total. The summed E-state index contributed by atoms with van der Waals surface area (Å²) in [7, 11) is 0. The molecule has 0 saturated heterocycles. The Labute approximate surface area is 298 Å². The van der Waals surface area contributed by atoms with Crippen LogP contribution in [0.4, 0.5) is 17.1 Å². The number of hydrogen-bond donors (Lipinski definition) is 0. The predicted molar refractivity (Wildman–Crippen MR) is 208 cm³/mol. The number of aromatic nitrogens is 2.